The van der Waals surface area contributed by atoms with Crippen molar-refractivity contribution in [2.75, 3.05) is 33.8 Å². The molecule has 0 amide bonds. The van der Waals surface area contributed by atoms with Crippen molar-refractivity contribution >= 4 is 51.7 Å². The summed E-state index contributed by atoms with van der Waals surface area (Å²) in [6, 6.07) is 3.95. The van der Waals surface area contributed by atoms with Crippen molar-refractivity contribution < 1.29 is 14.6 Å². The summed E-state index contributed by atoms with van der Waals surface area (Å²) in [7, 11) is 3.84. The fourth-order valence-corrected chi connectivity index (χ4v) is 4.07. The van der Waals surface area contributed by atoms with Gasteiger partial charge in [0.25, 0.3) is 0 Å². The van der Waals surface area contributed by atoms with Gasteiger partial charge in [-0.1, -0.05) is 30.0 Å². The molecule has 1 fully saturated rings. The number of ether oxygens (including phenoxy) is 1. The molecule has 0 spiro atoms. The Balaban J connectivity index is 1.83. The van der Waals surface area contributed by atoms with E-state index in [-0.39, 0.29) is 12.4 Å². The van der Waals surface area contributed by atoms with Crippen LogP contribution in [0.25, 0.3) is 6.08 Å². The van der Waals surface area contributed by atoms with Gasteiger partial charge < -0.3 is 19.6 Å². The predicted molar refractivity (Wildman–Crippen MR) is 99.3 cm³/mol. The van der Waals surface area contributed by atoms with Crippen LogP contribution in [0.2, 0.25) is 0 Å². The summed E-state index contributed by atoms with van der Waals surface area (Å²) in [4.78, 5) is 17.2. The Labute approximate surface area is 149 Å². The number of carbonyl (C=O) groups is 1. The third-order valence-corrected chi connectivity index (χ3v) is 5.45. The number of esters is 1. The molecule has 0 bridgehead atoms. The minimum absolute atomic E-state index is 0.206. The van der Waals surface area contributed by atoms with Crippen LogP contribution in [0.5, 0.6) is 0 Å². The number of carbonyl (C=O) groups excluding carboxylic acids is 1. The molecule has 1 unspecified atom stereocenters. The third-order valence-electron chi connectivity index (χ3n) is 3.18. The van der Waals surface area contributed by atoms with E-state index in [2.05, 4.69) is 0 Å². The normalized spacial score (nSPS) is 19.8. The monoisotopic (exact) mass is 372 g/mol. The number of hydrogen-bond acceptors (Lipinski definition) is 7. The van der Waals surface area contributed by atoms with Gasteiger partial charge in [-0.2, -0.15) is 0 Å². The van der Waals surface area contributed by atoms with Crippen molar-refractivity contribution in [3.05, 3.63) is 27.3 Å². The highest BCUT2D eigenvalue weighted by molar-refractivity contribution is 8.26. The molecule has 23 heavy (non-hydrogen) atoms. The molecule has 0 aromatic carbocycles. The average molecular weight is 373 g/mol. The van der Waals surface area contributed by atoms with Crippen LogP contribution >= 0.6 is 35.3 Å². The first-order valence-corrected chi connectivity index (χ1v) is 9.30. The number of likely N-dealkylation sites (N-methyl/N-ethyl adjacent to an activating group) is 1. The highest BCUT2D eigenvalue weighted by Crippen LogP contribution is 2.36. The molecule has 8 heteroatoms. The largest absolute Gasteiger partial charge is 0.464 e. The summed E-state index contributed by atoms with van der Waals surface area (Å²) in [5.41, 5.74) is 0. The van der Waals surface area contributed by atoms with Crippen molar-refractivity contribution in [1.29, 1.82) is 0 Å². The lowest BCUT2D eigenvalue weighted by molar-refractivity contribution is -0.144. The minimum Gasteiger partial charge on any atom is -0.464 e. The summed E-state index contributed by atoms with van der Waals surface area (Å²) in [5, 5.41) is 12.4. The maximum atomic E-state index is 11.7. The third kappa shape index (κ3) is 5.58. The van der Waals surface area contributed by atoms with Gasteiger partial charge >= 0.3 is 5.97 Å². The molecule has 1 aliphatic rings. The standard InChI is InChI=1S/C15H20N2O3S3/c1-16(2)7-8-20-13(18)5-6-17-14(19)12(23-15(17)21)10-11-4-3-9-22-11/h3-4,9-10,14,19H,5-8H2,1-2H3/b12-10+. The van der Waals surface area contributed by atoms with E-state index in [1.54, 1.807) is 16.2 Å². The van der Waals surface area contributed by atoms with Crippen LogP contribution in [0.15, 0.2) is 22.4 Å². The predicted octanol–water partition coefficient (Wildman–Crippen LogP) is 2.24. The number of nitrogens with zero attached hydrogens (tertiary/aromatic N) is 2. The second-order valence-electron chi connectivity index (χ2n) is 5.27. The van der Waals surface area contributed by atoms with E-state index in [1.165, 1.54) is 11.8 Å². The molecule has 0 aliphatic carbocycles. The Kier molecular flexibility index (Phi) is 7.04. The summed E-state index contributed by atoms with van der Waals surface area (Å²) in [5.74, 6) is -0.275. The summed E-state index contributed by atoms with van der Waals surface area (Å²) >= 11 is 8.27. The molecule has 1 aliphatic heterocycles. The maximum absolute atomic E-state index is 11.7. The van der Waals surface area contributed by atoms with Crippen LogP contribution in [0, 0.1) is 0 Å². The molecule has 0 saturated carbocycles. The van der Waals surface area contributed by atoms with Gasteiger partial charge in [-0.15, -0.1) is 11.3 Å². The second-order valence-corrected chi connectivity index (χ2v) is 7.96. The molecule has 1 N–H and O–H groups in total. The Morgan fingerprint density at radius 1 is 1.57 bits per heavy atom. The molecular weight excluding hydrogens is 352 g/mol. The molecule has 1 atom stereocenters. The summed E-state index contributed by atoms with van der Waals surface area (Å²) in [6.07, 6.45) is 1.35. The molecule has 1 saturated heterocycles. The Morgan fingerprint density at radius 3 is 3.00 bits per heavy atom. The van der Waals surface area contributed by atoms with Crippen LogP contribution in [-0.4, -0.2) is 65.2 Å². The van der Waals surface area contributed by atoms with E-state index < -0.39 is 6.23 Å². The number of aliphatic hydroxyl groups is 1. The van der Waals surface area contributed by atoms with Crippen LogP contribution in [-0.2, 0) is 9.53 Å². The Hall–Kier alpha value is -0.930. The molecule has 1 aromatic heterocycles. The zero-order valence-electron chi connectivity index (χ0n) is 13.1. The highest BCUT2D eigenvalue weighted by Gasteiger charge is 2.32. The zero-order chi connectivity index (χ0) is 16.8. The quantitative estimate of drug-likeness (QED) is 0.582. The van der Waals surface area contributed by atoms with E-state index >= 15 is 0 Å². The van der Waals surface area contributed by atoms with E-state index in [0.29, 0.717) is 24.0 Å². The van der Waals surface area contributed by atoms with Crippen molar-refractivity contribution in [3.63, 3.8) is 0 Å². The molecule has 0 radical (unpaired) electrons. The zero-order valence-corrected chi connectivity index (χ0v) is 15.5. The van der Waals surface area contributed by atoms with Crippen LogP contribution in [0.1, 0.15) is 11.3 Å². The lowest BCUT2D eigenvalue weighted by Gasteiger charge is -2.21. The average Bonchev–Trinajstić information content (AvgIpc) is 3.07. The first-order chi connectivity index (χ1) is 11.0. The number of thioether (sulfide) groups is 1. The molecule has 2 rings (SSSR count). The number of rotatable bonds is 7. The first kappa shape index (κ1) is 18.4. The molecule has 126 valence electrons. The fourth-order valence-electron chi connectivity index (χ4n) is 1.92. The van der Waals surface area contributed by atoms with Crippen LogP contribution in [0.3, 0.4) is 0 Å². The Morgan fingerprint density at radius 2 is 2.35 bits per heavy atom. The number of thiophene rings is 1. The van der Waals surface area contributed by atoms with Gasteiger partial charge in [-0.3, -0.25) is 4.79 Å². The van der Waals surface area contributed by atoms with Gasteiger partial charge in [0.2, 0.25) is 0 Å². The first-order valence-electron chi connectivity index (χ1n) is 7.19. The van der Waals surface area contributed by atoms with E-state index in [1.807, 2.05) is 42.6 Å². The Bertz CT molecular complexity index is 573. The maximum Gasteiger partial charge on any atom is 0.307 e. The highest BCUT2D eigenvalue weighted by atomic mass is 32.2. The minimum atomic E-state index is -0.788. The van der Waals surface area contributed by atoms with Gasteiger partial charge in [-0.05, 0) is 31.6 Å². The number of aliphatic hydroxyl groups excluding tert-OH is 1. The van der Waals surface area contributed by atoms with E-state index in [9.17, 15) is 9.90 Å². The SMILES string of the molecule is CN(C)CCOC(=O)CCN1C(=S)S/C(=C/c2cccs2)C1O. The molecule has 2 heterocycles. The van der Waals surface area contributed by atoms with Gasteiger partial charge in [0.1, 0.15) is 10.9 Å². The number of thiocarbonyl (C=S) groups is 1. The van der Waals surface area contributed by atoms with Gasteiger partial charge in [-0.25, -0.2) is 0 Å². The second kappa shape index (κ2) is 8.79. The number of hydrogen-bond donors (Lipinski definition) is 1. The van der Waals surface area contributed by atoms with Crippen molar-refractivity contribution in [2.45, 2.75) is 12.6 Å². The lowest BCUT2D eigenvalue weighted by atomic mass is 10.3. The summed E-state index contributed by atoms with van der Waals surface area (Å²) in [6.45, 7) is 1.42. The van der Waals surface area contributed by atoms with Crippen LogP contribution < -0.4 is 0 Å². The van der Waals surface area contributed by atoms with Crippen molar-refractivity contribution in [1.82, 2.24) is 9.80 Å². The topological polar surface area (TPSA) is 53.0 Å². The molecule has 1 aromatic rings. The van der Waals surface area contributed by atoms with Gasteiger partial charge in [0.05, 0.1) is 6.42 Å². The van der Waals surface area contributed by atoms with E-state index in [0.717, 1.165) is 9.78 Å². The van der Waals surface area contributed by atoms with Gasteiger partial charge in [0, 0.05) is 22.9 Å². The van der Waals surface area contributed by atoms with E-state index in [4.69, 9.17) is 17.0 Å². The molecular formula is C15H20N2O3S3. The van der Waals surface area contributed by atoms with Gasteiger partial charge in [0.15, 0.2) is 6.23 Å². The molecule has 5 nitrogen and oxygen atoms in total. The lowest BCUT2D eigenvalue weighted by Crippen LogP contribution is -2.34. The summed E-state index contributed by atoms with van der Waals surface area (Å²) < 4.78 is 5.73. The van der Waals surface area contributed by atoms with Crippen molar-refractivity contribution in [3.8, 4) is 0 Å². The van der Waals surface area contributed by atoms with Crippen LogP contribution in [0.4, 0.5) is 0 Å². The smallest absolute Gasteiger partial charge is 0.307 e. The fraction of sp³-hybridized carbons (Fsp3) is 0.467. The van der Waals surface area contributed by atoms with Crippen molar-refractivity contribution in [2.24, 2.45) is 0 Å².